The number of benzene rings is 2. The maximum atomic E-state index is 12.9. The van der Waals surface area contributed by atoms with Crippen molar-refractivity contribution in [2.75, 3.05) is 12.9 Å². The van der Waals surface area contributed by atoms with E-state index in [2.05, 4.69) is 0 Å². The highest BCUT2D eigenvalue weighted by Crippen LogP contribution is 2.29. The molecular formula is C16H17Cl2FO4S. The van der Waals surface area contributed by atoms with Crippen LogP contribution in [0, 0.1) is 5.82 Å². The maximum absolute atomic E-state index is 12.9. The normalized spacial score (nSPS) is 12.2. The summed E-state index contributed by atoms with van der Waals surface area (Å²) >= 11 is 12.0. The lowest BCUT2D eigenvalue weighted by Crippen LogP contribution is -2.08. The second-order valence-electron chi connectivity index (χ2n) is 5.11. The van der Waals surface area contributed by atoms with Crippen LogP contribution in [0.5, 0.6) is 0 Å². The van der Waals surface area contributed by atoms with Crippen LogP contribution in [0.25, 0.3) is 0 Å². The molecule has 2 aromatic rings. The molecule has 0 spiro atoms. The summed E-state index contributed by atoms with van der Waals surface area (Å²) in [6.45, 7) is -0.0290. The van der Waals surface area contributed by atoms with E-state index in [0.717, 1.165) is 11.1 Å². The molecule has 24 heavy (non-hydrogen) atoms. The summed E-state index contributed by atoms with van der Waals surface area (Å²) in [6.07, 6.45) is 1.31. The van der Waals surface area contributed by atoms with Gasteiger partial charge in [0, 0.05) is 16.0 Å². The Morgan fingerprint density at radius 1 is 1.12 bits per heavy atom. The number of hydrogen-bond donors (Lipinski definition) is 2. The smallest absolute Gasteiger partial charge is 0.261 e. The molecule has 0 saturated carbocycles. The van der Waals surface area contributed by atoms with E-state index in [4.69, 9.17) is 27.8 Å². The highest BCUT2D eigenvalue weighted by Gasteiger charge is 2.15. The van der Waals surface area contributed by atoms with Crippen molar-refractivity contribution in [3.8, 4) is 0 Å². The van der Waals surface area contributed by atoms with Gasteiger partial charge < -0.3 is 5.11 Å². The van der Waals surface area contributed by atoms with Gasteiger partial charge in [-0.2, -0.15) is 8.42 Å². The second-order valence-corrected chi connectivity index (χ2v) is 7.42. The van der Waals surface area contributed by atoms with Gasteiger partial charge in [0.15, 0.2) is 0 Å². The van der Waals surface area contributed by atoms with Crippen molar-refractivity contribution in [2.45, 2.75) is 12.3 Å². The van der Waals surface area contributed by atoms with Crippen molar-refractivity contribution in [2.24, 2.45) is 0 Å². The highest BCUT2D eigenvalue weighted by atomic mass is 35.5. The van der Waals surface area contributed by atoms with E-state index in [0.29, 0.717) is 22.7 Å². The molecule has 0 aliphatic carbocycles. The fraction of sp³-hybridized carbons (Fsp3) is 0.250. The number of hydrogen-bond acceptors (Lipinski definition) is 3. The van der Waals surface area contributed by atoms with E-state index < -0.39 is 10.1 Å². The highest BCUT2D eigenvalue weighted by molar-refractivity contribution is 7.85. The molecule has 0 aromatic heterocycles. The molecule has 0 aliphatic rings. The zero-order valence-corrected chi connectivity index (χ0v) is 15.1. The van der Waals surface area contributed by atoms with Gasteiger partial charge in [0.2, 0.25) is 0 Å². The van der Waals surface area contributed by atoms with Gasteiger partial charge in [-0.3, -0.25) is 4.55 Å². The molecule has 132 valence electrons. The first-order valence-corrected chi connectivity index (χ1v) is 9.43. The Kier molecular flexibility index (Phi) is 8.12. The molecule has 0 radical (unpaired) electrons. The monoisotopic (exact) mass is 394 g/mol. The lowest BCUT2D eigenvalue weighted by atomic mass is 9.92. The van der Waals surface area contributed by atoms with Gasteiger partial charge in [0.25, 0.3) is 10.1 Å². The molecular weight excluding hydrogens is 378 g/mol. The van der Waals surface area contributed by atoms with Gasteiger partial charge in [-0.15, -0.1) is 0 Å². The lowest BCUT2D eigenvalue weighted by molar-refractivity contribution is 0.264. The Hall–Kier alpha value is -1.18. The van der Waals surface area contributed by atoms with E-state index in [9.17, 15) is 17.9 Å². The molecule has 4 nitrogen and oxygen atoms in total. The molecule has 2 aromatic carbocycles. The molecule has 0 fully saturated rings. The van der Waals surface area contributed by atoms with Crippen LogP contribution < -0.4 is 0 Å². The quantitative estimate of drug-likeness (QED) is 0.769. The summed E-state index contributed by atoms with van der Waals surface area (Å²) in [7, 11) is -3.67. The SMILES string of the molecule is CS(=O)(=O)O.OCC(Cc1ccc(F)cc1)c1ccc(Cl)cc1Cl. The summed E-state index contributed by atoms with van der Waals surface area (Å²) in [5.41, 5.74) is 1.80. The van der Waals surface area contributed by atoms with E-state index in [1.54, 1.807) is 24.3 Å². The molecule has 0 amide bonds. The maximum Gasteiger partial charge on any atom is 0.261 e. The Balaban J connectivity index is 0.000000505. The third kappa shape index (κ3) is 8.08. The Morgan fingerprint density at radius 2 is 1.67 bits per heavy atom. The van der Waals surface area contributed by atoms with Gasteiger partial charge in [-0.1, -0.05) is 41.4 Å². The van der Waals surface area contributed by atoms with Crippen LogP contribution in [-0.2, 0) is 16.5 Å². The zero-order chi connectivity index (χ0) is 18.3. The summed E-state index contributed by atoms with van der Waals surface area (Å²) < 4.78 is 38.7. The largest absolute Gasteiger partial charge is 0.396 e. The summed E-state index contributed by atoms with van der Waals surface area (Å²) in [4.78, 5) is 0. The van der Waals surface area contributed by atoms with E-state index >= 15 is 0 Å². The van der Waals surface area contributed by atoms with E-state index in [1.807, 2.05) is 6.07 Å². The van der Waals surface area contributed by atoms with Gasteiger partial charge in [-0.25, -0.2) is 4.39 Å². The van der Waals surface area contributed by atoms with Crippen molar-refractivity contribution in [3.63, 3.8) is 0 Å². The summed E-state index contributed by atoms with van der Waals surface area (Å²) in [6, 6.07) is 11.5. The Morgan fingerprint density at radius 3 is 2.12 bits per heavy atom. The molecule has 1 unspecified atom stereocenters. The average molecular weight is 395 g/mol. The topological polar surface area (TPSA) is 74.6 Å². The average Bonchev–Trinajstić information content (AvgIpc) is 2.46. The summed E-state index contributed by atoms with van der Waals surface area (Å²) in [5.74, 6) is -0.399. The molecule has 2 N–H and O–H groups in total. The first kappa shape index (κ1) is 20.9. The number of halogens is 3. The van der Waals surface area contributed by atoms with Crippen LogP contribution in [0.2, 0.25) is 10.0 Å². The number of aliphatic hydroxyl groups is 1. The van der Waals surface area contributed by atoms with Crippen molar-refractivity contribution in [1.82, 2.24) is 0 Å². The first-order chi connectivity index (χ1) is 11.1. The van der Waals surface area contributed by atoms with Gasteiger partial charge in [-0.05, 0) is 41.8 Å². The molecule has 1 atom stereocenters. The van der Waals surface area contributed by atoms with Crippen LogP contribution in [0.4, 0.5) is 4.39 Å². The number of rotatable bonds is 4. The zero-order valence-electron chi connectivity index (χ0n) is 12.8. The minimum Gasteiger partial charge on any atom is -0.396 e. The molecule has 0 aliphatic heterocycles. The minimum atomic E-state index is -3.67. The molecule has 2 rings (SSSR count). The third-order valence-electron chi connectivity index (χ3n) is 3.02. The van der Waals surface area contributed by atoms with Crippen LogP contribution in [0.15, 0.2) is 42.5 Å². The predicted octanol–water partition coefficient (Wildman–Crippen LogP) is 3.96. The third-order valence-corrected chi connectivity index (χ3v) is 3.58. The number of aliphatic hydroxyl groups excluding tert-OH is 1. The van der Waals surface area contributed by atoms with Gasteiger partial charge in [0.1, 0.15) is 5.82 Å². The summed E-state index contributed by atoms with van der Waals surface area (Å²) in [5, 5.41) is 10.6. The van der Waals surface area contributed by atoms with Gasteiger partial charge >= 0.3 is 0 Å². The van der Waals surface area contributed by atoms with Crippen molar-refractivity contribution >= 4 is 33.3 Å². The van der Waals surface area contributed by atoms with Crippen LogP contribution in [0.1, 0.15) is 17.0 Å². The molecule has 0 heterocycles. The van der Waals surface area contributed by atoms with Crippen molar-refractivity contribution in [1.29, 1.82) is 0 Å². The molecule has 0 bridgehead atoms. The predicted molar refractivity (Wildman–Crippen MR) is 93.9 cm³/mol. The second kappa shape index (κ2) is 9.34. The van der Waals surface area contributed by atoms with Crippen LogP contribution >= 0.6 is 23.2 Å². The van der Waals surface area contributed by atoms with Crippen LogP contribution in [0.3, 0.4) is 0 Å². The Bertz CT molecular complexity index is 756. The lowest BCUT2D eigenvalue weighted by Gasteiger charge is -2.16. The van der Waals surface area contributed by atoms with Crippen LogP contribution in [-0.4, -0.2) is 30.9 Å². The van der Waals surface area contributed by atoms with Crippen molar-refractivity contribution < 1.29 is 22.5 Å². The minimum absolute atomic E-state index is 0.0290. The fourth-order valence-electron chi connectivity index (χ4n) is 2.01. The first-order valence-electron chi connectivity index (χ1n) is 6.83. The molecule has 0 saturated heterocycles. The fourth-order valence-corrected chi connectivity index (χ4v) is 2.57. The van der Waals surface area contributed by atoms with Crippen molar-refractivity contribution in [3.05, 3.63) is 69.5 Å². The van der Waals surface area contributed by atoms with E-state index in [-0.39, 0.29) is 18.3 Å². The Labute approximate surface area is 150 Å². The van der Waals surface area contributed by atoms with Gasteiger partial charge in [0.05, 0.1) is 12.9 Å². The standard InChI is InChI=1S/C15H13Cl2FO.CH4O3S/c16-12-3-6-14(15(17)8-12)11(9-19)7-10-1-4-13(18)5-2-10;1-5(2,3)4/h1-6,8,11,19H,7,9H2;1H3,(H,2,3,4). The molecule has 8 heteroatoms. The van der Waals surface area contributed by atoms with E-state index in [1.165, 1.54) is 12.1 Å².